The number of benzene rings is 1. The van der Waals surface area contributed by atoms with Gasteiger partial charge in [0.25, 0.3) is 0 Å². The Morgan fingerprint density at radius 3 is 2.18 bits per heavy atom. The molecule has 1 aromatic carbocycles. The van der Waals surface area contributed by atoms with Gasteiger partial charge in [-0.05, 0) is 32.3 Å². The fourth-order valence-corrected chi connectivity index (χ4v) is 2.58. The topological polar surface area (TPSA) is 93.7 Å². The van der Waals surface area contributed by atoms with Crippen LogP contribution in [0.3, 0.4) is 0 Å². The molecule has 0 spiro atoms. The molecule has 0 aliphatic heterocycles. The van der Waals surface area contributed by atoms with E-state index in [1.54, 1.807) is 20.8 Å². The molecule has 1 unspecified atom stereocenters. The molecule has 0 saturated heterocycles. The van der Waals surface area contributed by atoms with Gasteiger partial charge in [-0.3, -0.25) is 4.79 Å². The Balaban J connectivity index is 2.92. The van der Waals surface area contributed by atoms with E-state index in [1.165, 1.54) is 7.11 Å². The van der Waals surface area contributed by atoms with Crippen molar-refractivity contribution < 1.29 is 23.9 Å². The summed E-state index contributed by atoms with van der Waals surface area (Å²) in [7, 11) is 1.28. The van der Waals surface area contributed by atoms with Crippen LogP contribution < -0.4 is 10.6 Å². The second kappa shape index (κ2) is 10.7. The van der Waals surface area contributed by atoms with E-state index in [0.717, 1.165) is 5.56 Å². The number of amides is 2. The fraction of sp³-hybridized carbons (Fsp3) is 0.571. The summed E-state index contributed by atoms with van der Waals surface area (Å²) in [5.74, 6) is -1.15. The monoisotopic (exact) mass is 392 g/mol. The van der Waals surface area contributed by atoms with Crippen LogP contribution in [0.2, 0.25) is 0 Å². The molecule has 2 N–H and O–H groups in total. The molecule has 0 heterocycles. The van der Waals surface area contributed by atoms with Gasteiger partial charge in [-0.15, -0.1) is 0 Å². The summed E-state index contributed by atoms with van der Waals surface area (Å²) >= 11 is 0. The van der Waals surface area contributed by atoms with Gasteiger partial charge >= 0.3 is 12.1 Å². The van der Waals surface area contributed by atoms with Crippen LogP contribution in [0.4, 0.5) is 4.79 Å². The third-order valence-corrected chi connectivity index (χ3v) is 4.25. The predicted octanol–water partition coefficient (Wildman–Crippen LogP) is 2.83. The fourth-order valence-electron chi connectivity index (χ4n) is 2.58. The summed E-state index contributed by atoms with van der Waals surface area (Å²) in [5, 5.41) is 5.34. The minimum Gasteiger partial charge on any atom is -0.467 e. The Bertz CT molecular complexity index is 655. The summed E-state index contributed by atoms with van der Waals surface area (Å²) in [6.07, 6.45) is 0.277. The number of methoxy groups -OCH3 is 1. The van der Waals surface area contributed by atoms with E-state index in [2.05, 4.69) is 10.6 Å². The Morgan fingerprint density at radius 2 is 1.68 bits per heavy atom. The quantitative estimate of drug-likeness (QED) is 0.664. The van der Waals surface area contributed by atoms with Crippen molar-refractivity contribution in [3.8, 4) is 0 Å². The maximum absolute atomic E-state index is 12.9. The smallest absolute Gasteiger partial charge is 0.408 e. The maximum atomic E-state index is 12.9. The SMILES string of the molecule is CCC(C)[C@H](NC(=O)OC(C)(C)C)C(=O)N[C@@H](Cc1ccccc1)C(=O)OC. The number of carbonyl (C=O) groups excluding carboxylic acids is 3. The van der Waals surface area contributed by atoms with E-state index >= 15 is 0 Å². The van der Waals surface area contributed by atoms with Gasteiger partial charge in [0.1, 0.15) is 17.7 Å². The highest BCUT2D eigenvalue weighted by molar-refractivity contribution is 5.90. The lowest BCUT2D eigenvalue weighted by molar-refractivity contribution is -0.145. The highest BCUT2D eigenvalue weighted by atomic mass is 16.6. The summed E-state index contributed by atoms with van der Waals surface area (Å²) in [6.45, 7) is 9.02. The van der Waals surface area contributed by atoms with Gasteiger partial charge in [0.05, 0.1) is 7.11 Å². The first-order valence-electron chi connectivity index (χ1n) is 9.49. The summed E-state index contributed by atoms with van der Waals surface area (Å²) in [4.78, 5) is 37.2. The zero-order chi connectivity index (χ0) is 21.3. The summed E-state index contributed by atoms with van der Waals surface area (Å²) in [6, 6.07) is 7.64. The molecule has 0 aliphatic rings. The van der Waals surface area contributed by atoms with Gasteiger partial charge in [-0.1, -0.05) is 50.6 Å². The van der Waals surface area contributed by atoms with Crippen LogP contribution in [0.25, 0.3) is 0 Å². The number of esters is 1. The Kier molecular flexibility index (Phi) is 8.96. The number of hydrogen-bond acceptors (Lipinski definition) is 5. The molecule has 1 rings (SSSR count). The molecule has 0 bridgehead atoms. The van der Waals surface area contributed by atoms with E-state index in [1.807, 2.05) is 44.2 Å². The Labute approximate surface area is 167 Å². The van der Waals surface area contributed by atoms with E-state index < -0.39 is 35.7 Å². The van der Waals surface area contributed by atoms with Crippen LogP contribution in [-0.4, -0.2) is 42.8 Å². The van der Waals surface area contributed by atoms with Gasteiger partial charge in [0.2, 0.25) is 5.91 Å². The third-order valence-electron chi connectivity index (χ3n) is 4.25. The van der Waals surface area contributed by atoms with Crippen molar-refractivity contribution in [1.29, 1.82) is 0 Å². The largest absolute Gasteiger partial charge is 0.467 e. The Hall–Kier alpha value is -2.57. The van der Waals surface area contributed by atoms with Crippen molar-refractivity contribution in [2.75, 3.05) is 7.11 Å². The number of rotatable bonds is 8. The third kappa shape index (κ3) is 7.98. The molecule has 156 valence electrons. The average Bonchev–Trinajstić information content (AvgIpc) is 2.63. The molecule has 7 heteroatoms. The minimum absolute atomic E-state index is 0.150. The van der Waals surface area contributed by atoms with E-state index in [0.29, 0.717) is 12.8 Å². The molecular formula is C21H32N2O5. The van der Waals surface area contributed by atoms with Crippen LogP contribution >= 0.6 is 0 Å². The van der Waals surface area contributed by atoms with Crippen LogP contribution in [0.15, 0.2) is 30.3 Å². The number of carbonyl (C=O) groups is 3. The second-order valence-corrected chi connectivity index (χ2v) is 7.78. The second-order valence-electron chi connectivity index (χ2n) is 7.78. The van der Waals surface area contributed by atoms with Gasteiger partial charge < -0.3 is 20.1 Å². The lowest BCUT2D eigenvalue weighted by Crippen LogP contribution is -2.55. The van der Waals surface area contributed by atoms with Crippen molar-refractivity contribution in [3.63, 3.8) is 0 Å². The van der Waals surface area contributed by atoms with Crippen molar-refractivity contribution in [2.45, 2.75) is 65.1 Å². The molecule has 0 saturated carbocycles. The van der Waals surface area contributed by atoms with Crippen molar-refractivity contribution in [2.24, 2.45) is 5.92 Å². The van der Waals surface area contributed by atoms with Crippen LogP contribution in [0.1, 0.15) is 46.6 Å². The van der Waals surface area contributed by atoms with E-state index in [4.69, 9.17) is 9.47 Å². The van der Waals surface area contributed by atoms with Gasteiger partial charge in [-0.2, -0.15) is 0 Å². The normalized spacial score (nSPS) is 14.4. The van der Waals surface area contributed by atoms with Gasteiger partial charge in [-0.25, -0.2) is 9.59 Å². The zero-order valence-electron chi connectivity index (χ0n) is 17.6. The molecule has 3 atom stereocenters. The molecule has 2 amide bonds. The first kappa shape index (κ1) is 23.5. The molecule has 28 heavy (non-hydrogen) atoms. The lowest BCUT2D eigenvalue weighted by atomic mass is 9.97. The summed E-state index contributed by atoms with van der Waals surface area (Å²) in [5.41, 5.74) is 0.209. The molecule has 7 nitrogen and oxygen atoms in total. The zero-order valence-corrected chi connectivity index (χ0v) is 17.6. The van der Waals surface area contributed by atoms with E-state index in [-0.39, 0.29) is 5.92 Å². The minimum atomic E-state index is -0.855. The number of alkyl carbamates (subject to hydrolysis) is 1. The van der Waals surface area contributed by atoms with E-state index in [9.17, 15) is 14.4 Å². The molecule has 1 aromatic rings. The van der Waals surface area contributed by atoms with Crippen LogP contribution in [-0.2, 0) is 25.5 Å². The first-order chi connectivity index (χ1) is 13.1. The van der Waals surface area contributed by atoms with Crippen LogP contribution in [0, 0.1) is 5.92 Å². The number of ether oxygens (including phenoxy) is 2. The maximum Gasteiger partial charge on any atom is 0.408 e. The highest BCUT2D eigenvalue weighted by Crippen LogP contribution is 2.12. The van der Waals surface area contributed by atoms with Gasteiger partial charge in [0.15, 0.2) is 0 Å². The van der Waals surface area contributed by atoms with Crippen molar-refractivity contribution in [1.82, 2.24) is 10.6 Å². The van der Waals surface area contributed by atoms with Gasteiger partial charge in [0, 0.05) is 6.42 Å². The van der Waals surface area contributed by atoms with Crippen molar-refractivity contribution >= 4 is 18.0 Å². The molecule has 0 aromatic heterocycles. The molecule has 0 aliphatic carbocycles. The molecule has 0 radical (unpaired) electrons. The van der Waals surface area contributed by atoms with Crippen molar-refractivity contribution in [3.05, 3.63) is 35.9 Å². The molecular weight excluding hydrogens is 360 g/mol. The Morgan fingerprint density at radius 1 is 1.07 bits per heavy atom. The highest BCUT2D eigenvalue weighted by Gasteiger charge is 2.31. The predicted molar refractivity (Wildman–Crippen MR) is 107 cm³/mol. The van der Waals surface area contributed by atoms with Crippen LogP contribution in [0.5, 0.6) is 0 Å². The number of nitrogens with one attached hydrogen (secondary N) is 2. The lowest BCUT2D eigenvalue weighted by Gasteiger charge is -2.27. The average molecular weight is 392 g/mol. The standard InChI is InChI=1S/C21H32N2O5/c1-7-14(2)17(23-20(26)28-21(3,4)5)18(24)22-16(19(25)27-6)13-15-11-9-8-10-12-15/h8-12,14,16-17H,7,13H2,1-6H3,(H,22,24)(H,23,26)/t14?,16-,17-/m0/s1. The molecule has 0 fully saturated rings. The first-order valence-corrected chi connectivity index (χ1v) is 9.49. The summed E-state index contributed by atoms with van der Waals surface area (Å²) < 4.78 is 10.1. The number of hydrogen-bond donors (Lipinski definition) is 2.